The van der Waals surface area contributed by atoms with Gasteiger partial charge in [0, 0.05) is 22.4 Å². The summed E-state index contributed by atoms with van der Waals surface area (Å²) in [6.07, 6.45) is 5.10. The highest BCUT2D eigenvalue weighted by Crippen LogP contribution is 2.37. The molecule has 92 valence electrons. The van der Waals surface area contributed by atoms with Gasteiger partial charge in [-0.25, -0.2) is 4.79 Å². The lowest BCUT2D eigenvalue weighted by molar-refractivity contribution is 0.0697. The molecule has 0 fully saturated rings. The van der Waals surface area contributed by atoms with Crippen molar-refractivity contribution in [1.82, 2.24) is 4.98 Å². The minimum Gasteiger partial charge on any atom is -0.478 e. The molecule has 3 rings (SSSR count). The monoisotopic (exact) mass is 259 g/mol. The van der Waals surface area contributed by atoms with Crippen LogP contribution in [0.25, 0.3) is 0 Å². The van der Waals surface area contributed by atoms with Crippen LogP contribution in [0.1, 0.15) is 45.3 Å². The lowest BCUT2D eigenvalue weighted by Crippen LogP contribution is -2.11. The summed E-state index contributed by atoms with van der Waals surface area (Å²) < 4.78 is 0. The van der Waals surface area contributed by atoms with E-state index in [2.05, 4.69) is 11.1 Å². The van der Waals surface area contributed by atoms with Crippen LogP contribution in [0.15, 0.2) is 29.8 Å². The fraction of sp³-hybridized carbons (Fsp3) is 0.286. The molecule has 0 saturated heterocycles. The number of pyridine rings is 1. The van der Waals surface area contributed by atoms with Crippen LogP contribution in [0, 0.1) is 0 Å². The van der Waals surface area contributed by atoms with Crippen molar-refractivity contribution in [2.75, 3.05) is 0 Å². The van der Waals surface area contributed by atoms with Crippen LogP contribution in [0.5, 0.6) is 0 Å². The molecule has 0 spiro atoms. The Balaban J connectivity index is 2.00. The number of aromatic carboxylic acids is 1. The number of carboxylic acid groups (broad SMARTS) is 1. The molecule has 18 heavy (non-hydrogen) atoms. The summed E-state index contributed by atoms with van der Waals surface area (Å²) in [6.45, 7) is 0. The fourth-order valence-electron chi connectivity index (χ4n) is 2.53. The molecule has 2 heterocycles. The number of fused-ring (bicyclic) bond motifs is 1. The number of hydrogen-bond acceptors (Lipinski definition) is 3. The molecule has 0 saturated carbocycles. The minimum absolute atomic E-state index is 0.271. The predicted octanol–water partition coefficient (Wildman–Crippen LogP) is 3.31. The Morgan fingerprint density at radius 3 is 3.17 bits per heavy atom. The Kier molecular flexibility index (Phi) is 2.88. The van der Waals surface area contributed by atoms with Crippen LogP contribution in [-0.4, -0.2) is 16.1 Å². The lowest BCUT2D eigenvalue weighted by atomic mass is 9.85. The van der Waals surface area contributed by atoms with Crippen molar-refractivity contribution in [1.29, 1.82) is 0 Å². The average molecular weight is 259 g/mol. The van der Waals surface area contributed by atoms with Crippen molar-refractivity contribution in [3.63, 3.8) is 0 Å². The molecule has 0 radical (unpaired) electrons. The van der Waals surface area contributed by atoms with E-state index in [1.807, 2.05) is 12.3 Å². The first-order valence-corrected chi connectivity index (χ1v) is 6.89. The molecule has 1 aliphatic rings. The van der Waals surface area contributed by atoms with Crippen LogP contribution in [-0.2, 0) is 6.42 Å². The minimum atomic E-state index is -0.852. The van der Waals surface area contributed by atoms with Gasteiger partial charge in [0.1, 0.15) is 0 Å². The Morgan fingerprint density at radius 2 is 2.39 bits per heavy atom. The van der Waals surface area contributed by atoms with Crippen LogP contribution >= 0.6 is 11.3 Å². The third-order valence-corrected chi connectivity index (χ3v) is 4.45. The first kappa shape index (κ1) is 11.4. The molecule has 0 bridgehead atoms. The number of rotatable bonds is 2. The first-order chi connectivity index (χ1) is 8.75. The number of carbonyl (C=O) groups is 1. The predicted molar refractivity (Wildman–Crippen MR) is 70.3 cm³/mol. The van der Waals surface area contributed by atoms with Gasteiger partial charge >= 0.3 is 5.97 Å². The molecule has 2 aromatic rings. The number of hydrogen-bond donors (Lipinski definition) is 1. The molecule has 0 aromatic carbocycles. The maximum Gasteiger partial charge on any atom is 0.336 e. The van der Waals surface area contributed by atoms with Crippen LogP contribution in [0.3, 0.4) is 0 Å². The van der Waals surface area contributed by atoms with Crippen molar-refractivity contribution < 1.29 is 9.90 Å². The molecule has 4 heteroatoms. The molecule has 1 atom stereocenters. The summed E-state index contributed by atoms with van der Waals surface area (Å²) in [5, 5.41) is 10.7. The molecule has 2 aromatic heterocycles. The molecule has 1 aliphatic carbocycles. The van der Waals surface area contributed by atoms with Crippen LogP contribution in [0.2, 0.25) is 0 Å². The number of aryl methyl sites for hydroxylation is 1. The van der Waals surface area contributed by atoms with Crippen molar-refractivity contribution in [2.24, 2.45) is 0 Å². The second kappa shape index (κ2) is 4.53. The summed E-state index contributed by atoms with van der Waals surface area (Å²) >= 11 is 1.53. The highest BCUT2D eigenvalue weighted by molar-refractivity contribution is 7.10. The van der Waals surface area contributed by atoms with Gasteiger partial charge in [-0.1, -0.05) is 6.07 Å². The maximum absolute atomic E-state index is 10.9. The van der Waals surface area contributed by atoms with Gasteiger partial charge in [-0.3, -0.25) is 4.98 Å². The second-order valence-corrected chi connectivity index (χ2v) is 5.48. The van der Waals surface area contributed by atoms with E-state index in [-0.39, 0.29) is 5.92 Å². The van der Waals surface area contributed by atoms with Gasteiger partial charge in [0.15, 0.2) is 0 Å². The third-order valence-electron chi connectivity index (χ3n) is 3.41. The molecule has 0 amide bonds. The molecule has 3 nitrogen and oxygen atoms in total. The Hall–Kier alpha value is -1.68. The van der Waals surface area contributed by atoms with E-state index < -0.39 is 5.97 Å². The van der Waals surface area contributed by atoms with Gasteiger partial charge in [-0.05, 0) is 37.0 Å². The van der Waals surface area contributed by atoms with E-state index in [1.165, 1.54) is 16.9 Å². The number of nitrogens with zero attached hydrogens (tertiary/aromatic N) is 1. The largest absolute Gasteiger partial charge is 0.478 e. The highest BCUT2D eigenvalue weighted by Gasteiger charge is 2.24. The second-order valence-electron chi connectivity index (χ2n) is 4.54. The Labute approximate surface area is 109 Å². The quantitative estimate of drug-likeness (QED) is 0.900. The Bertz CT molecular complexity index is 591. The van der Waals surface area contributed by atoms with Crippen molar-refractivity contribution >= 4 is 17.3 Å². The van der Waals surface area contributed by atoms with Gasteiger partial charge in [0.25, 0.3) is 0 Å². The highest BCUT2D eigenvalue weighted by atomic mass is 32.1. The first-order valence-electron chi connectivity index (χ1n) is 6.01. The van der Waals surface area contributed by atoms with E-state index in [1.54, 1.807) is 11.4 Å². The SMILES string of the molecule is O=C(O)c1csc(C2CCCc3cccnc32)c1. The van der Waals surface area contributed by atoms with Gasteiger partial charge in [0.05, 0.1) is 11.3 Å². The summed E-state index contributed by atoms with van der Waals surface area (Å²) in [5.41, 5.74) is 2.82. The molecule has 1 unspecified atom stereocenters. The van der Waals surface area contributed by atoms with Gasteiger partial charge < -0.3 is 5.11 Å². The van der Waals surface area contributed by atoms with E-state index in [9.17, 15) is 4.79 Å². The van der Waals surface area contributed by atoms with Crippen LogP contribution in [0.4, 0.5) is 0 Å². The summed E-state index contributed by atoms with van der Waals surface area (Å²) in [6, 6.07) is 5.89. The third kappa shape index (κ3) is 1.93. The molecular weight excluding hydrogens is 246 g/mol. The summed E-state index contributed by atoms with van der Waals surface area (Å²) in [4.78, 5) is 16.5. The summed E-state index contributed by atoms with van der Waals surface area (Å²) in [5.74, 6) is -0.581. The van der Waals surface area contributed by atoms with Crippen molar-refractivity contribution in [3.05, 3.63) is 51.5 Å². The normalized spacial score (nSPS) is 18.3. The lowest BCUT2D eigenvalue weighted by Gasteiger charge is -2.23. The number of aromatic nitrogens is 1. The topological polar surface area (TPSA) is 50.2 Å². The maximum atomic E-state index is 10.9. The van der Waals surface area contributed by atoms with E-state index in [0.717, 1.165) is 29.8 Å². The van der Waals surface area contributed by atoms with E-state index >= 15 is 0 Å². The average Bonchev–Trinajstić information content (AvgIpc) is 2.87. The molecule has 1 N–H and O–H groups in total. The summed E-state index contributed by atoms with van der Waals surface area (Å²) in [7, 11) is 0. The fourth-order valence-corrected chi connectivity index (χ4v) is 3.55. The zero-order valence-electron chi connectivity index (χ0n) is 9.80. The van der Waals surface area contributed by atoms with Gasteiger partial charge in [0.2, 0.25) is 0 Å². The number of carboxylic acids is 1. The standard InChI is InChI=1S/C14H13NO2S/c16-14(17)10-7-12(18-8-10)11-5-1-3-9-4-2-6-15-13(9)11/h2,4,6-8,11H,1,3,5H2,(H,16,17). The van der Waals surface area contributed by atoms with E-state index in [0.29, 0.717) is 5.56 Å². The number of thiophene rings is 1. The van der Waals surface area contributed by atoms with Crippen molar-refractivity contribution in [3.8, 4) is 0 Å². The zero-order chi connectivity index (χ0) is 12.5. The van der Waals surface area contributed by atoms with Crippen LogP contribution < -0.4 is 0 Å². The smallest absolute Gasteiger partial charge is 0.336 e. The molecular formula is C14H13NO2S. The van der Waals surface area contributed by atoms with E-state index in [4.69, 9.17) is 5.11 Å². The van der Waals surface area contributed by atoms with Gasteiger partial charge in [-0.2, -0.15) is 0 Å². The molecule has 0 aliphatic heterocycles. The Morgan fingerprint density at radius 1 is 1.50 bits per heavy atom. The van der Waals surface area contributed by atoms with Crippen molar-refractivity contribution in [2.45, 2.75) is 25.2 Å². The van der Waals surface area contributed by atoms with Gasteiger partial charge in [-0.15, -0.1) is 11.3 Å². The zero-order valence-corrected chi connectivity index (χ0v) is 10.6.